The number of nitrogens with one attached hydrogen (secondary N) is 2. The average molecular weight is 354 g/mol. The Bertz CT molecular complexity index is 692. The van der Waals surface area contributed by atoms with E-state index in [-0.39, 0.29) is 0 Å². The van der Waals surface area contributed by atoms with Gasteiger partial charge in [-0.25, -0.2) is 9.59 Å². The van der Waals surface area contributed by atoms with Gasteiger partial charge in [0.15, 0.2) is 6.04 Å². The third-order valence-corrected chi connectivity index (χ3v) is 3.15. The number of aliphatic carboxylic acids is 1. The number of benzene rings is 1. The van der Waals surface area contributed by atoms with Crippen molar-refractivity contribution in [2.75, 3.05) is 11.9 Å². The summed E-state index contributed by atoms with van der Waals surface area (Å²) in [6, 6.07) is 4.99. The molecule has 0 unspecified atom stereocenters. The summed E-state index contributed by atoms with van der Waals surface area (Å²) in [6.07, 6.45) is 1.60. The standard InChI is InChI=1S/C13H12BrN3O4/c14-8-4-7-2-1-3-9(11(7)15-5-8)16-13(21)17-10(6-18)12(19)20/h1-5,10,18H,6H2,(H,19,20)(H2,16,17,21)/t10-/m1/s1. The van der Waals surface area contributed by atoms with E-state index in [2.05, 4.69) is 31.5 Å². The van der Waals surface area contributed by atoms with Crippen LogP contribution in [0, 0.1) is 0 Å². The van der Waals surface area contributed by atoms with Gasteiger partial charge in [-0.1, -0.05) is 12.1 Å². The maximum absolute atomic E-state index is 11.8. The Labute approximate surface area is 128 Å². The number of aliphatic hydroxyl groups is 1. The number of pyridine rings is 1. The maximum atomic E-state index is 11.8. The van der Waals surface area contributed by atoms with Crippen molar-refractivity contribution in [3.63, 3.8) is 0 Å². The van der Waals surface area contributed by atoms with Crippen LogP contribution in [0.5, 0.6) is 0 Å². The second kappa shape index (κ2) is 6.51. The van der Waals surface area contributed by atoms with Gasteiger partial charge < -0.3 is 20.8 Å². The summed E-state index contributed by atoms with van der Waals surface area (Å²) < 4.78 is 0.808. The van der Waals surface area contributed by atoms with E-state index in [9.17, 15) is 9.59 Å². The first-order chi connectivity index (χ1) is 10.0. The number of hydrogen-bond donors (Lipinski definition) is 4. The van der Waals surface area contributed by atoms with Crippen LogP contribution in [-0.4, -0.2) is 39.8 Å². The average Bonchev–Trinajstić information content (AvgIpc) is 2.44. The second-order valence-electron chi connectivity index (χ2n) is 4.20. The number of carboxylic acids is 1. The van der Waals surface area contributed by atoms with Crippen LogP contribution < -0.4 is 10.6 Å². The molecule has 1 heterocycles. The lowest BCUT2D eigenvalue weighted by molar-refractivity contribution is -0.140. The molecule has 1 atom stereocenters. The van der Waals surface area contributed by atoms with E-state index in [0.717, 1.165) is 9.86 Å². The molecule has 0 aliphatic rings. The van der Waals surface area contributed by atoms with Crippen molar-refractivity contribution in [1.82, 2.24) is 10.3 Å². The normalized spacial score (nSPS) is 11.9. The largest absolute Gasteiger partial charge is 0.480 e. The van der Waals surface area contributed by atoms with E-state index in [1.807, 2.05) is 12.1 Å². The molecule has 0 saturated heterocycles. The van der Waals surface area contributed by atoms with E-state index in [1.54, 1.807) is 18.3 Å². The van der Waals surface area contributed by atoms with Crippen LogP contribution in [0.25, 0.3) is 10.9 Å². The first kappa shape index (κ1) is 15.2. The molecule has 0 aliphatic carbocycles. The topological polar surface area (TPSA) is 112 Å². The van der Waals surface area contributed by atoms with Gasteiger partial charge in [-0.2, -0.15) is 0 Å². The number of amides is 2. The van der Waals surface area contributed by atoms with Gasteiger partial charge in [-0.15, -0.1) is 0 Å². The molecule has 1 aromatic carbocycles. The third kappa shape index (κ3) is 3.67. The van der Waals surface area contributed by atoms with Crippen molar-refractivity contribution in [3.05, 3.63) is 34.9 Å². The highest BCUT2D eigenvalue weighted by molar-refractivity contribution is 9.10. The number of anilines is 1. The lowest BCUT2D eigenvalue weighted by atomic mass is 10.2. The molecule has 21 heavy (non-hydrogen) atoms. The van der Waals surface area contributed by atoms with Crippen molar-refractivity contribution in [2.24, 2.45) is 0 Å². The van der Waals surface area contributed by atoms with Crippen LogP contribution in [-0.2, 0) is 4.79 Å². The number of carboxylic acid groups (broad SMARTS) is 1. The molecule has 4 N–H and O–H groups in total. The van der Waals surface area contributed by atoms with E-state index in [1.165, 1.54) is 0 Å². The van der Waals surface area contributed by atoms with Crippen LogP contribution >= 0.6 is 15.9 Å². The zero-order chi connectivity index (χ0) is 15.4. The Morgan fingerprint density at radius 2 is 2.14 bits per heavy atom. The number of nitrogens with zero attached hydrogens (tertiary/aromatic N) is 1. The summed E-state index contributed by atoms with van der Waals surface area (Å²) in [7, 11) is 0. The Morgan fingerprint density at radius 1 is 1.38 bits per heavy atom. The first-order valence-electron chi connectivity index (χ1n) is 5.96. The van der Waals surface area contributed by atoms with Gasteiger partial charge in [0, 0.05) is 16.1 Å². The fraction of sp³-hybridized carbons (Fsp3) is 0.154. The fourth-order valence-electron chi connectivity index (χ4n) is 1.74. The predicted octanol–water partition coefficient (Wildman–Crippen LogP) is 1.56. The Hall–Kier alpha value is -2.19. The highest BCUT2D eigenvalue weighted by Gasteiger charge is 2.19. The van der Waals surface area contributed by atoms with E-state index < -0.39 is 24.6 Å². The summed E-state index contributed by atoms with van der Waals surface area (Å²) in [5.74, 6) is -1.31. The minimum atomic E-state index is -1.36. The predicted molar refractivity (Wildman–Crippen MR) is 80.1 cm³/mol. The van der Waals surface area contributed by atoms with Gasteiger partial charge in [-0.05, 0) is 28.1 Å². The quantitative estimate of drug-likeness (QED) is 0.666. The second-order valence-corrected chi connectivity index (χ2v) is 5.12. The molecule has 0 aliphatic heterocycles. The molecule has 7 nitrogen and oxygen atoms in total. The molecule has 2 amide bonds. The summed E-state index contributed by atoms with van der Waals surface area (Å²) in [4.78, 5) is 26.7. The van der Waals surface area contributed by atoms with Gasteiger partial charge in [0.05, 0.1) is 17.8 Å². The third-order valence-electron chi connectivity index (χ3n) is 2.71. The van der Waals surface area contributed by atoms with Crippen LogP contribution in [0.2, 0.25) is 0 Å². The number of para-hydroxylation sites is 1. The van der Waals surface area contributed by atoms with Crippen molar-refractivity contribution in [1.29, 1.82) is 0 Å². The van der Waals surface area contributed by atoms with Crippen molar-refractivity contribution >= 4 is 44.5 Å². The smallest absolute Gasteiger partial charge is 0.328 e. The highest BCUT2D eigenvalue weighted by Crippen LogP contribution is 2.23. The molecule has 2 rings (SSSR count). The number of carbonyl (C=O) groups excluding carboxylic acids is 1. The number of rotatable bonds is 4. The van der Waals surface area contributed by atoms with Gasteiger partial charge in [0.25, 0.3) is 0 Å². The van der Waals surface area contributed by atoms with E-state index in [0.29, 0.717) is 11.2 Å². The molecular formula is C13H12BrN3O4. The molecule has 2 aromatic rings. The fourth-order valence-corrected chi connectivity index (χ4v) is 2.09. The van der Waals surface area contributed by atoms with Crippen LogP contribution in [0.1, 0.15) is 0 Å². The Kier molecular flexibility index (Phi) is 4.71. The number of carbonyl (C=O) groups is 2. The van der Waals surface area contributed by atoms with Gasteiger partial charge in [-0.3, -0.25) is 4.98 Å². The van der Waals surface area contributed by atoms with E-state index in [4.69, 9.17) is 10.2 Å². The number of urea groups is 1. The number of fused-ring (bicyclic) bond motifs is 1. The zero-order valence-electron chi connectivity index (χ0n) is 10.7. The van der Waals surface area contributed by atoms with E-state index >= 15 is 0 Å². The van der Waals surface area contributed by atoms with Crippen LogP contribution in [0.4, 0.5) is 10.5 Å². The molecule has 110 valence electrons. The van der Waals surface area contributed by atoms with Crippen molar-refractivity contribution < 1.29 is 19.8 Å². The van der Waals surface area contributed by atoms with Gasteiger partial charge in [0.2, 0.25) is 0 Å². The maximum Gasteiger partial charge on any atom is 0.328 e. The number of hydrogen-bond acceptors (Lipinski definition) is 4. The molecule has 0 spiro atoms. The summed E-state index contributed by atoms with van der Waals surface area (Å²) in [5, 5.41) is 23.1. The summed E-state index contributed by atoms with van der Waals surface area (Å²) >= 11 is 3.31. The molecular weight excluding hydrogens is 342 g/mol. The number of halogens is 1. The Balaban J connectivity index is 2.20. The highest BCUT2D eigenvalue weighted by atomic mass is 79.9. The molecule has 0 fully saturated rings. The first-order valence-corrected chi connectivity index (χ1v) is 6.76. The SMILES string of the molecule is O=C(Nc1cccc2cc(Br)cnc12)N[C@H](CO)C(=O)O. The molecule has 0 saturated carbocycles. The zero-order valence-corrected chi connectivity index (χ0v) is 12.3. The minimum absolute atomic E-state index is 0.444. The molecule has 0 radical (unpaired) electrons. The van der Waals surface area contributed by atoms with Crippen molar-refractivity contribution in [3.8, 4) is 0 Å². The van der Waals surface area contributed by atoms with Crippen LogP contribution in [0.3, 0.4) is 0 Å². The van der Waals surface area contributed by atoms with Crippen LogP contribution in [0.15, 0.2) is 34.9 Å². The molecule has 1 aromatic heterocycles. The summed E-state index contributed by atoms with van der Waals surface area (Å²) in [5.41, 5.74) is 1.02. The monoisotopic (exact) mass is 353 g/mol. The van der Waals surface area contributed by atoms with Crippen molar-refractivity contribution in [2.45, 2.75) is 6.04 Å². The summed E-state index contributed by atoms with van der Waals surface area (Å²) in [6.45, 7) is -0.691. The minimum Gasteiger partial charge on any atom is -0.480 e. The molecule has 8 heteroatoms. The van der Waals surface area contributed by atoms with Gasteiger partial charge in [0.1, 0.15) is 0 Å². The number of aromatic nitrogens is 1. The lowest BCUT2D eigenvalue weighted by Crippen LogP contribution is -2.45. The molecule has 0 bridgehead atoms. The Morgan fingerprint density at radius 3 is 2.81 bits per heavy atom. The number of aliphatic hydroxyl groups excluding tert-OH is 1. The lowest BCUT2D eigenvalue weighted by Gasteiger charge is -2.13. The van der Waals surface area contributed by atoms with Gasteiger partial charge >= 0.3 is 12.0 Å².